The van der Waals surface area contributed by atoms with Gasteiger partial charge in [0.15, 0.2) is 11.9 Å². The molecule has 0 aliphatic carbocycles. The normalized spacial score (nSPS) is 14.5. The first-order valence-corrected chi connectivity index (χ1v) is 10.6. The van der Waals surface area contributed by atoms with E-state index in [2.05, 4.69) is 19.0 Å². The molecule has 0 fully saturated rings. The van der Waals surface area contributed by atoms with Crippen molar-refractivity contribution in [3.8, 4) is 17.1 Å². The fourth-order valence-corrected chi connectivity index (χ4v) is 3.80. The summed E-state index contributed by atoms with van der Waals surface area (Å²) in [5.41, 5.74) is 4.00. The van der Waals surface area contributed by atoms with Crippen LogP contribution in [0.25, 0.3) is 11.3 Å². The largest absolute Gasteiger partial charge is 0.481 e. The number of hydrogen-bond acceptors (Lipinski definition) is 4. The summed E-state index contributed by atoms with van der Waals surface area (Å²) in [4.78, 5) is 14.8. The lowest BCUT2D eigenvalue weighted by atomic mass is 10.0. The van der Waals surface area contributed by atoms with Crippen molar-refractivity contribution < 1.29 is 14.1 Å². The number of benzene rings is 2. The highest BCUT2D eigenvalue weighted by Crippen LogP contribution is 2.31. The molecule has 1 amide bonds. The number of hydrogen-bond donors (Lipinski definition) is 0. The van der Waals surface area contributed by atoms with Crippen LogP contribution in [-0.2, 0) is 17.8 Å². The van der Waals surface area contributed by atoms with Crippen LogP contribution in [0.4, 0.5) is 0 Å². The minimum atomic E-state index is -0.574. The zero-order valence-electron chi connectivity index (χ0n) is 17.4. The van der Waals surface area contributed by atoms with Crippen LogP contribution in [0.3, 0.4) is 0 Å². The number of halogens is 1. The van der Waals surface area contributed by atoms with Gasteiger partial charge in [0.2, 0.25) is 0 Å². The minimum Gasteiger partial charge on any atom is -0.481 e. The van der Waals surface area contributed by atoms with E-state index in [0.29, 0.717) is 42.0 Å². The summed E-state index contributed by atoms with van der Waals surface area (Å²) in [6.45, 7) is 7.14. The molecule has 0 spiro atoms. The fraction of sp³-hybridized carbons (Fsp3) is 0.333. The number of amides is 1. The van der Waals surface area contributed by atoms with E-state index in [9.17, 15) is 4.79 Å². The zero-order chi connectivity index (χ0) is 21.3. The number of carbonyl (C=O) groups excluding carboxylic acids is 1. The third-order valence-electron chi connectivity index (χ3n) is 5.46. The lowest BCUT2D eigenvalue weighted by Crippen LogP contribution is -2.43. The Labute approximate surface area is 181 Å². The van der Waals surface area contributed by atoms with E-state index in [4.69, 9.17) is 20.9 Å². The highest BCUT2D eigenvalue weighted by Gasteiger charge is 2.30. The standard InChI is InChI=1S/C24H25ClN2O3/c1-15(2)17-6-10-20(11-7-17)29-16(3)24(28)27-13-12-22-21(14-27)23(30-26-22)18-4-8-19(25)9-5-18/h4-11,15-16H,12-14H2,1-3H3. The Kier molecular flexibility index (Phi) is 5.82. The molecular formula is C24H25ClN2O3. The van der Waals surface area contributed by atoms with Crippen molar-refractivity contribution in [2.45, 2.75) is 45.8 Å². The molecule has 3 aromatic rings. The number of rotatable bonds is 5. The van der Waals surface area contributed by atoms with Gasteiger partial charge in [-0.2, -0.15) is 0 Å². The van der Waals surface area contributed by atoms with Crippen molar-refractivity contribution in [1.29, 1.82) is 0 Å². The Morgan fingerprint density at radius 2 is 1.80 bits per heavy atom. The SMILES string of the molecule is CC(Oc1ccc(C(C)C)cc1)C(=O)N1CCc2noc(-c3ccc(Cl)cc3)c2C1. The van der Waals surface area contributed by atoms with Gasteiger partial charge in [-0.25, -0.2) is 0 Å². The molecule has 1 aliphatic rings. The molecule has 1 unspecified atom stereocenters. The zero-order valence-corrected chi connectivity index (χ0v) is 18.1. The molecule has 156 valence electrons. The van der Waals surface area contributed by atoms with E-state index < -0.39 is 6.10 Å². The van der Waals surface area contributed by atoms with Gasteiger partial charge in [0.1, 0.15) is 5.75 Å². The molecule has 0 saturated carbocycles. The summed E-state index contributed by atoms with van der Waals surface area (Å²) in [6.07, 6.45) is 0.0869. The van der Waals surface area contributed by atoms with Crippen molar-refractivity contribution in [2.75, 3.05) is 6.54 Å². The second-order valence-corrected chi connectivity index (χ2v) is 8.37. The van der Waals surface area contributed by atoms with E-state index in [1.807, 2.05) is 53.4 Å². The monoisotopic (exact) mass is 424 g/mol. The predicted molar refractivity (Wildman–Crippen MR) is 117 cm³/mol. The van der Waals surface area contributed by atoms with Gasteiger partial charge in [-0.15, -0.1) is 0 Å². The van der Waals surface area contributed by atoms with Gasteiger partial charge in [-0.3, -0.25) is 4.79 Å². The van der Waals surface area contributed by atoms with Gasteiger partial charge >= 0.3 is 0 Å². The maximum absolute atomic E-state index is 13.0. The molecule has 1 aliphatic heterocycles. The smallest absolute Gasteiger partial charge is 0.263 e. The van der Waals surface area contributed by atoms with E-state index in [-0.39, 0.29) is 5.91 Å². The van der Waals surface area contributed by atoms with Crippen LogP contribution in [0.15, 0.2) is 53.1 Å². The van der Waals surface area contributed by atoms with E-state index >= 15 is 0 Å². The summed E-state index contributed by atoms with van der Waals surface area (Å²) in [6, 6.07) is 15.4. The summed E-state index contributed by atoms with van der Waals surface area (Å²) in [5.74, 6) is 1.80. The molecule has 4 rings (SSSR count). The van der Waals surface area contributed by atoms with Gasteiger partial charge in [-0.05, 0) is 54.8 Å². The van der Waals surface area contributed by atoms with E-state index in [1.165, 1.54) is 5.56 Å². The Hall–Kier alpha value is -2.79. The predicted octanol–water partition coefficient (Wildman–Crippen LogP) is 5.47. The van der Waals surface area contributed by atoms with E-state index in [1.54, 1.807) is 6.92 Å². The molecule has 2 heterocycles. The van der Waals surface area contributed by atoms with Gasteiger partial charge < -0.3 is 14.2 Å². The Morgan fingerprint density at radius 1 is 1.10 bits per heavy atom. The first-order chi connectivity index (χ1) is 14.4. The van der Waals surface area contributed by atoms with E-state index in [0.717, 1.165) is 16.8 Å². The molecule has 5 nitrogen and oxygen atoms in total. The highest BCUT2D eigenvalue weighted by molar-refractivity contribution is 6.30. The van der Waals surface area contributed by atoms with Crippen LogP contribution in [0, 0.1) is 0 Å². The number of nitrogens with zero attached hydrogens (tertiary/aromatic N) is 2. The number of aromatic nitrogens is 1. The average molecular weight is 425 g/mol. The lowest BCUT2D eigenvalue weighted by Gasteiger charge is -2.29. The third-order valence-corrected chi connectivity index (χ3v) is 5.71. The Balaban J connectivity index is 1.46. The quantitative estimate of drug-likeness (QED) is 0.544. The minimum absolute atomic E-state index is 0.0446. The Bertz CT molecular complexity index is 1030. The molecule has 1 atom stereocenters. The number of carbonyl (C=O) groups is 1. The molecule has 0 N–H and O–H groups in total. The topological polar surface area (TPSA) is 55.6 Å². The van der Waals surface area contributed by atoms with Gasteiger partial charge in [0.25, 0.3) is 5.91 Å². The van der Waals surface area contributed by atoms with Gasteiger partial charge in [-0.1, -0.05) is 42.7 Å². The fourth-order valence-electron chi connectivity index (χ4n) is 3.67. The van der Waals surface area contributed by atoms with Crippen molar-refractivity contribution in [3.05, 3.63) is 70.4 Å². The first-order valence-electron chi connectivity index (χ1n) is 10.2. The van der Waals surface area contributed by atoms with Crippen molar-refractivity contribution in [3.63, 3.8) is 0 Å². The molecule has 0 bridgehead atoms. The highest BCUT2D eigenvalue weighted by atomic mass is 35.5. The van der Waals surface area contributed by atoms with Crippen LogP contribution < -0.4 is 4.74 Å². The van der Waals surface area contributed by atoms with Crippen molar-refractivity contribution in [2.24, 2.45) is 0 Å². The Morgan fingerprint density at radius 3 is 2.47 bits per heavy atom. The molecule has 2 aromatic carbocycles. The average Bonchev–Trinajstić information content (AvgIpc) is 3.17. The summed E-state index contributed by atoms with van der Waals surface area (Å²) in [5, 5.41) is 4.87. The molecular weight excluding hydrogens is 400 g/mol. The van der Waals surface area contributed by atoms with Gasteiger partial charge in [0.05, 0.1) is 12.2 Å². The summed E-state index contributed by atoms with van der Waals surface area (Å²) >= 11 is 5.99. The van der Waals surface area contributed by atoms with Crippen LogP contribution in [0.1, 0.15) is 43.5 Å². The van der Waals surface area contributed by atoms with Crippen LogP contribution in [0.5, 0.6) is 5.75 Å². The maximum Gasteiger partial charge on any atom is 0.263 e. The van der Waals surface area contributed by atoms with Crippen LogP contribution in [-0.4, -0.2) is 28.6 Å². The summed E-state index contributed by atoms with van der Waals surface area (Å²) in [7, 11) is 0. The number of ether oxygens (including phenoxy) is 1. The van der Waals surface area contributed by atoms with Crippen molar-refractivity contribution >= 4 is 17.5 Å². The molecule has 1 aromatic heterocycles. The number of fused-ring (bicyclic) bond motifs is 1. The summed E-state index contributed by atoms with van der Waals surface area (Å²) < 4.78 is 11.5. The van der Waals surface area contributed by atoms with Crippen molar-refractivity contribution in [1.82, 2.24) is 10.1 Å². The molecule has 6 heteroatoms. The molecule has 30 heavy (non-hydrogen) atoms. The molecule has 0 radical (unpaired) electrons. The maximum atomic E-state index is 13.0. The lowest BCUT2D eigenvalue weighted by molar-refractivity contribution is -0.138. The second kappa shape index (κ2) is 8.52. The van der Waals surface area contributed by atoms with Crippen LogP contribution in [0.2, 0.25) is 5.02 Å². The first kappa shape index (κ1) is 20.5. The molecule has 0 saturated heterocycles. The van der Waals surface area contributed by atoms with Gasteiger partial charge in [0, 0.05) is 29.1 Å². The van der Waals surface area contributed by atoms with Crippen LogP contribution >= 0.6 is 11.6 Å². The second-order valence-electron chi connectivity index (χ2n) is 7.94. The third kappa shape index (κ3) is 4.21.